The van der Waals surface area contributed by atoms with Gasteiger partial charge in [-0.05, 0) is 29.2 Å². The zero-order chi connectivity index (χ0) is 21.9. The lowest BCUT2D eigenvalue weighted by molar-refractivity contribution is -0.159. The number of nitrogens with two attached hydrogens (primary N) is 1. The van der Waals surface area contributed by atoms with Crippen molar-refractivity contribution in [2.45, 2.75) is 32.0 Å². The molecular formula is C21H21F3N4O2. The summed E-state index contributed by atoms with van der Waals surface area (Å²) in [4.78, 5) is 15.7. The number of nitrogens with one attached hydrogen (secondary N) is 1. The fourth-order valence-electron chi connectivity index (χ4n) is 2.78. The monoisotopic (exact) mass is 418 g/mol. The Balaban J connectivity index is 1.60. The van der Waals surface area contributed by atoms with Crippen molar-refractivity contribution < 1.29 is 22.5 Å². The summed E-state index contributed by atoms with van der Waals surface area (Å²) in [6, 6.07) is 13.4. The fourth-order valence-corrected chi connectivity index (χ4v) is 2.78. The highest BCUT2D eigenvalue weighted by atomic mass is 19.4. The summed E-state index contributed by atoms with van der Waals surface area (Å²) in [5, 5.41) is 6.07. The number of benzene rings is 2. The molecule has 0 aliphatic rings. The lowest BCUT2D eigenvalue weighted by atomic mass is 9.99. The minimum absolute atomic E-state index is 0.207. The Labute approximate surface area is 171 Å². The Kier molecular flexibility index (Phi) is 6.21. The van der Waals surface area contributed by atoms with Crippen LogP contribution in [0.1, 0.15) is 53.2 Å². The molecule has 3 aromatic rings. The highest BCUT2D eigenvalue weighted by molar-refractivity contribution is 5.94. The number of nitrogens with zero attached hydrogens (tertiary/aromatic N) is 2. The van der Waals surface area contributed by atoms with Crippen LogP contribution >= 0.6 is 0 Å². The highest BCUT2D eigenvalue weighted by Crippen LogP contribution is 2.29. The first kappa shape index (κ1) is 21.5. The summed E-state index contributed by atoms with van der Waals surface area (Å²) in [5.41, 5.74) is 8.90. The van der Waals surface area contributed by atoms with Crippen LogP contribution in [0.5, 0.6) is 0 Å². The molecule has 0 aliphatic heterocycles. The van der Waals surface area contributed by atoms with Gasteiger partial charge < -0.3 is 15.6 Å². The van der Waals surface area contributed by atoms with Crippen molar-refractivity contribution in [3.8, 4) is 11.4 Å². The predicted molar refractivity (Wildman–Crippen MR) is 105 cm³/mol. The fraction of sp³-hybridized carbons (Fsp3) is 0.286. The lowest BCUT2D eigenvalue weighted by Crippen LogP contribution is -2.31. The number of carbonyl (C=O) groups is 1. The zero-order valence-electron chi connectivity index (χ0n) is 16.4. The van der Waals surface area contributed by atoms with Crippen LogP contribution in [0.4, 0.5) is 13.2 Å². The van der Waals surface area contributed by atoms with Gasteiger partial charge in [-0.15, -0.1) is 0 Å². The van der Waals surface area contributed by atoms with Crippen molar-refractivity contribution in [1.82, 2.24) is 15.5 Å². The average Bonchev–Trinajstić information content (AvgIpc) is 3.23. The Morgan fingerprint density at radius 3 is 2.20 bits per heavy atom. The molecule has 158 valence electrons. The number of aromatic nitrogens is 2. The van der Waals surface area contributed by atoms with E-state index in [2.05, 4.69) is 33.8 Å². The van der Waals surface area contributed by atoms with Gasteiger partial charge in [0.2, 0.25) is 5.82 Å². The van der Waals surface area contributed by atoms with Gasteiger partial charge in [-0.2, -0.15) is 18.2 Å². The van der Waals surface area contributed by atoms with E-state index in [1.165, 1.54) is 29.8 Å². The molecule has 6 nitrogen and oxygen atoms in total. The number of hydrogen-bond donors (Lipinski definition) is 2. The minimum atomic E-state index is -4.71. The predicted octanol–water partition coefficient (Wildman–Crippen LogP) is 4.31. The second-order valence-corrected chi connectivity index (χ2v) is 7.14. The van der Waals surface area contributed by atoms with Crippen LogP contribution in [-0.4, -0.2) is 22.6 Å². The lowest BCUT2D eigenvalue weighted by Gasteiger charge is -2.14. The first-order chi connectivity index (χ1) is 14.1. The number of rotatable bonds is 6. The van der Waals surface area contributed by atoms with E-state index < -0.39 is 12.1 Å². The number of halogens is 3. The third kappa shape index (κ3) is 5.04. The van der Waals surface area contributed by atoms with E-state index in [0.717, 1.165) is 5.56 Å². The van der Waals surface area contributed by atoms with E-state index in [9.17, 15) is 18.0 Å². The normalized spacial score (nSPS) is 12.8. The molecule has 0 spiro atoms. The minimum Gasteiger partial charge on any atom is -0.350 e. The first-order valence-electron chi connectivity index (χ1n) is 9.30. The van der Waals surface area contributed by atoms with Gasteiger partial charge in [0.1, 0.15) is 0 Å². The van der Waals surface area contributed by atoms with E-state index in [1.54, 1.807) is 0 Å². The smallest absolute Gasteiger partial charge is 0.350 e. The molecule has 0 radical (unpaired) electrons. The third-order valence-corrected chi connectivity index (χ3v) is 4.59. The van der Waals surface area contributed by atoms with Crippen LogP contribution in [0.15, 0.2) is 53.1 Å². The summed E-state index contributed by atoms with van der Waals surface area (Å²) >= 11 is 0. The molecule has 0 aliphatic carbocycles. The maximum absolute atomic E-state index is 12.6. The van der Waals surface area contributed by atoms with Gasteiger partial charge in [0.05, 0.1) is 0 Å². The van der Waals surface area contributed by atoms with Crippen molar-refractivity contribution >= 4 is 5.91 Å². The number of hydrogen-bond acceptors (Lipinski definition) is 5. The van der Waals surface area contributed by atoms with Crippen molar-refractivity contribution in [1.29, 1.82) is 0 Å². The van der Waals surface area contributed by atoms with Gasteiger partial charge in [-0.1, -0.05) is 55.4 Å². The first-order valence-corrected chi connectivity index (χ1v) is 9.30. The third-order valence-electron chi connectivity index (χ3n) is 4.59. The van der Waals surface area contributed by atoms with Crippen molar-refractivity contribution in [3.63, 3.8) is 0 Å². The van der Waals surface area contributed by atoms with Gasteiger partial charge in [0.25, 0.3) is 5.91 Å². The molecule has 30 heavy (non-hydrogen) atoms. The standard InChI is InChI=1S/C21H21F3N4O2/c1-12(2)13-3-5-14(6-4-13)17(25)11-26-19(29)16-9-7-15(8-10-16)18-27-20(30-28-18)21(22,23)24/h3-10,12,17H,11,25H2,1-2H3,(H,26,29). The Morgan fingerprint density at radius 2 is 1.67 bits per heavy atom. The molecule has 0 saturated heterocycles. The van der Waals surface area contributed by atoms with Crippen LogP contribution in [0, 0.1) is 0 Å². The molecule has 1 heterocycles. The van der Waals surface area contributed by atoms with Crippen molar-refractivity contribution in [2.75, 3.05) is 6.54 Å². The van der Waals surface area contributed by atoms with E-state index in [4.69, 9.17) is 5.73 Å². The highest BCUT2D eigenvalue weighted by Gasteiger charge is 2.38. The summed E-state index contributed by atoms with van der Waals surface area (Å²) in [7, 11) is 0. The van der Waals surface area contributed by atoms with E-state index >= 15 is 0 Å². The van der Waals surface area contributed by atoms with Gasteiger partial charge >= 0.3 is 12.1 Å². The van der Waals surface area contributed by atoms with Gasteiger partial charge in [0, 0.05) is 23.7 Å². The molecule has 3 rings (SSSR count). The molecular weight excluding hydrogens is 397 g/mol. The maximum atomic E-state index is 12.6. The Hall–Kier alpha value is -3.20. The summed E-state index contributed by atoms with van der Waals surface area (Å²) in [6.45, 7) is 4.45. The topological polar surface area (TPSA) is 94.0 Å². The zero-order valence-corrected chi connectivity index (χ0v) is 16.4. The Morgan fingerprint density at radius 1 is 1.07 bits per heavy atom. The quantitative estimate of drug-likeness (QED) is 0.622. The summed E-state index contributed by atoms with van der Waals surface area (Å²) in [6.07, 6.45) is -4.71. The van der Waals surface area contributed by atoms with E-state index in [-0.39, 0.29) is 24.3 Å². The van der Waals surface area contributed by atoms with Crippen LogP contribution < -0.4 is 11.1 Å². The molecule has 0 bridgehead atoms. The van der Waals surface area contributed by atoms with Gasteiger partial charge in [-0.3, -0.25) is 4.79 Å². The number of alkyl halides is 3. The second-order valence-electron chi connectivity index (χ2n) is 7.14. The largest absolute Gasteiger partial charge is 0.471 e. The molecule has 0 saturated carbocycles. The molecule has 1 unspecified atom stereocenters. The Bertz CT molecular complexity index is 996. The molecule has 0 fully saturated rings. The molecule has 9 heteroatoms. The van der Waals surface area contributed by atoms with Gasteiger partial charge in [0.15, 0.2) is 0 Å². The van der Waals surface area contributed by atoms with E-state index in [0.29, 0.717) is 17.0 Å². The summed E-state index contributed by atoms with van der Waals surface area (Å²) < 4.78 is 41.9. The average molecular weight is 418 g/mol. The van der Waals surface area contributed by atoms with E-state index in [1.807, 2.05) is 24.3 Å². The van der Waals surface area contributed by atoms with Crippen LogP contribution in [-0.2, 0) is 6.18 Å². The SMILES string of the molecule is CC(C)c1ccc(C(N)CNC(=O)c2ccc(-c3noc(C(F)(F)F)n3)cc2)cc1. The summed E-state index contributed by atoms with van der Waals surface area (Å²) in [5.74, 6) is -1.55. The van der Waals surface area contributed by atoms with Crippen LogP contribution in [0.25, 0.3) is 11.4 Å². The second kappa shape index (κ2) is 8.66. The van der Waals surface area contributed by atoms with Crippen molar-refractivity contribution in [3.05, 3.63) is 71.1 Å². The molecule has 1 aromatic heterocycles. The van der Waals surface area contributed by atoms with Crippen LogP contribution in [0.2, 0.25) is 0 Å². The maximum Gasteiger partial charge on any atom is 0.471 e. The van der Waals surface area contributed by atoms with Crippen LogP contribution in [0.3, 0.4) is 0 Å². The molecule has 3 N–H and O–H groups in total. The van der Waals surface area contributed by atoms with Crippen molar-refractivity contribution in [2.24, 2.45) is 5.73 Å². The molecule has 1 atom stereocenters. The number of carbonyl (C=O) groups excluding carboxylic acids is 1. The molecule has 1 amide bonds. The number of amides is 1. The molecule has 2 aromatic carbocycles. The van der Waals surface area contributed by atoms with Gasteiger partial charge in [-0.25, -0.2) is 0 Å².